The summed E-state index contributed by atoms with van der Waals surface area (Å²) < 4.78 is 2.93. The van der Waals surface area contributed by atoms with Gasteiger partial charge < -0.3 is 0 Å². The molecule has 0 saturated heterocycles. The second-order valence-corrected chi connectivity index (χ2v) is 13.6. The molecule has 2 heteroatoms. The summed E-state index contributed by atoms with van der Waals surface area (Å²) in [5.74, 6) is 0. The van der Waals surface area contributed by atoms with Gasteiger partial charge in [0.05, 0.1) is 0 Å². The van der Waals surface area contributed by atoms with Gasteiger partial charge >= 0.3 is 0 Å². The molecule has 0 aliphatic carbocycles. The molecule has 0 unspecified atom stereocenters. The molecule has 208 valence electrons. The molecule has 0 nitrogen and oxygen atoms in total. The molecule has 0 radical (unpaired) electrons. The lowest BCUT2D eigenvalue weighted by Crippen LogP contribution is -1.86. The van der Waals surface area contributed by atoms with E-state index in [0.29, 0.717) is 0 Å². The van der Waals surface area contributed by atoms with Crippen molar-refractivity contribution in [2.75, 3.05) is 0 Å². The normalized spacial score (nSPS) is 12.2. The second kappa shape index (κ2) is 13.0. The first-order valence-corrected chi connectivity index (χ1v) is 17.7. The molecular weight excluding hydrogens is 521 g/mol. The number of thiophene rings is 2. The van der Waals surface area contributed by atoms with Crippen LogP contribution in [0.2, 0.25) is 0 Å². The van der Waals surface area contributed by atoms with Crippen LogP contribution in [0.15, 0.2) is 59.3 Å². The quantitative estimate of drug-likeness (QED) is 0.0911. The third-order valence-corrected chi connectivity index (χ3v) is 11.2. The van der Waals surface area contributed by atoms with Crippen molar-refractivity contribution in [3.05, 3.63) is 70.4 Å². The Morgan fingerprint density at radius 1 is 0.375 bits per heavy atom. The van der Waals surface area contributed by atoms with Crippen LogP contribution >= 0.6 is 22.7 Å². The third-order valence-electron chi connectivity index (χ3n) is 9.03. The zero-order valence-corrected chi connectivity index (χ0v) is 26.1. The Kier molecular flexibility index (Phi) is 9.05. The molecule has 40 heavy (non-hydrogen) atoms. The lowest BCUT2D eigenvalue weighted by atomic mass is 9.94. The van der Waals surface area contributed by atoms with Crippen LogP contribution in [0.25, 0.3) is 52.5 Å². The molecule has 6 rings (SSSR count). The SMILES string of the molecule is CCCCCCCCc1csc2c1ccc1c3ccc4c(ccc5c(CCCCCCCC)csc54)c3ccc12. The first-order chi connectivity index (χ1) is 19.8. The molecule has 0 N–H and O–H groups in total. The van der Waals surface area contributed by atoms with Gasteiger partial charge in [-0.3, -0.25) is 0 Å². The molecular formula is C38H44S2. The predicted octanol–water partition coefficient (Wildman–Crippen LogP) is 13.4. The Balaban J connectivity index is 1.27. The average molecular weight is 565 g/mol. The van der Waals surface area contributed by atoms with Crippen molar-refractivity contribution in [3.8, 4) is 0 Å². The van der Waals surface area contributed by atoms with Crippen molar-refractivity contribution in [2.24, 2.45) is 0 Å². The molecule has 0 bridgehead atoms. The highest BCUT2D eigenvalue weighted by Crippen LogP contribution is 2.41. The fourth-order valence-electron chi connectivity index (χ4n) is 6.71. The zero-order chi connectivity index (χ0) is 27.3. The number of benzene rings is 4. The molecule has 6 aromatic rings. The summed E-state index contributed by atoms with van der Waals surface area (Å²) in [6.07, 6.45) is 18.8. The average Bonchev–Trinajstić information content (AvgIpc) is 3.60. The molecule has 2 heterocycles. The van der Waals surface area contributed by atoms with Crippen LogP contribution < -0.4 is 0 Å². The van der Waals surface area contributed by atoms with E-state index in [9.17, 15) is 0 Å². The summed E-state index contributed by atoms with van der Waals surface area (Å²) in [5, 5.41) is 16.2. The summed E-state index contributed by atoms with van der Waals surface area (Å²) in [6, 6.07) is 19.2. The zero-order valence-electron chi connectivity index (χ0n) is 24.5. The van der Waals surface area contributed by atoms with Gasteiger partial charge in [0.25, 0.3) is 0 Å². The summed E-state index contributed by atoms with van der Waals surface area (Å²) in [5.41, 5.74) is 3.10. The van der Waals surface area contributed by atoms with Crippen molar-refractivity contribution in [1.82, 2.24) is 0 Å². The minimum atomic E-state index is 1.22. The molecule has 0 spiro atoms. The van der Waals surface area contributed by atoms with Crippen LogP contribution in [-0.4, -0.2) is 0 Å². The monoisotopic (exact) mass is 564 g/mol. The Morgan fingerprint density at radius 2 is 0.700 bits per heavy atom. The van der Waals surface area contributed by atoms with Gasteiger partial charge in [-0.1, -0.05) is 127 Å². The van der Waals surface area contributed by atoms with Gasteiger partial charge in [0, 0.05) is 20.2 Å². The number of hydrogen-bond donors (Lipinski definition) is 0. The molecule has 2 aromatic heterocycles. The van der Waals surface area contributed by atoms with Crippen LogP contribution in [0.3, 0.4) is 0 Å². The van der Waals surface area contributed by atoms with Gasteiger partial charge in [0.2, 0.25) is 0 Å². The van der Waals surface area contributed by atoms with Gasteiger partial charge in [-0.15, -0.1) is 22.7 Å². The highest BCUT2D eigenvalue weighted by molar-refractivity contribution is 7.18. The maximum atomic E-state index is 2.43. The van der Waals surface area contributed by atoms with Crippen LogP contribution in [-0.2, 0) is 12.8 Å². The van der Waals surface area contributed by atoms with E-state index in [-0.39, 0.29) is 0 Å². The standard InChI is InChI=1S/C38H44S2/c1-3-5-7-9-11-13-15-27-25-39-37-29(27)17-19-33-31-22-24-36-34(32(31)21-23-35(33)37)20-18-30-28(26-40-38(30)36)16-14-12-10-8-6-4-2/h17-26H,3-16H2,1-2H3. The molecule has 0 saturated carbocycles. The van der Waals surface area contributed by atoms with E-state index >= 15 is 0 Å². The number of hydrogen-bond acceptors (Lipinski definition) is 2. The van der Waals surface area contributed by atoms with E-state index in [1.165, 1.54) is 142 Å². The fourth-order valence-corrected chi connectivity index (χ4v) is 8.98. The first kappa shape index (κ1) is 27.7. The Bertz CT molecular complexity index is 1600. The van der Waals surface area contributed by atoms with Gasteiger partial charge in [0.15, 0.2) is 0 Å². The first-order valence-electron chi connectivity index (χ1n) is 16.0. The second-order valence-electron chi connectivity index (χ2n) is 11.9. The van der Waals surface area contributed by atoms with E-state index in [4.69, 9.17) is 0 Å². The molecule has 0 aliphatic heterocycles. The maximum Gasteiger partial charge on any atom is 0.0424 e. The summed E-state index contributed by atoms with van der Waals surface area (Å²) in [7, 11) is 0. The van der Waals surface area contributed by atoms with Gasteiger partial charge in [-0.2, -0.15) is 0 Å². The Morgan fingerprint density at radius 3 is 1.12 bits per heavy atom. The lowest BCUT2D eigenvalue weighted by molar-refractivity contribution is 0.608. The maximum absolute atomic E-state index is 2.43. The minimum absolute atomic E-state index is 1.22. The van der Waals surface area contributed by atoms with E-state index in [2.05, 4.69) is 73.1 Å². The van der Waals surface area contributed by atoms with Crippen LogP contribution in [0.5, 0.6) is 0 Å². The molecule has 0 amide bonds. The van der Waals surface area contributed by atoms with Crippen molar-refractivity contribution in [1.29, 1.82) is 0 Å². The molecule has 0 atom stereocenters. The molecule has 4 aromatic carbocycles. The number of rotatable bonds is 14. The Hall–Kier alpha value is -2.42. The van der Waals surface area contributed by atoms with Crippen LogP contribution in [0.1, 0.15) is 102 Å². The number of aryl methyl sites for hydroxylation is 2. The predicted molar refractivity (Wildman–Crippen MR) is 184 cm³/mol. The van der Waals surface area contributed by atoms with E-state index in [1.807, 2.05) is 22.7 Å². The van der Waals surface area contributed by atoms with E-state index < -0.39 is 0 Å². The molecule has 0 aliphatic rings. The molecule has 0 fully saturated rings. The number of unbranched alkanes of at least 4 members (excludes halogenated alkanes) is 10. The van der Waals surface area contributed by atoms with Crippen molar-refractivity contribution >= 4 is 75.2 Å². The van der Waals surface area contributed by atoms with Crippen molar-refractivity contribution in [2.45, 2.75) is 104 Å². The largest absolute Gasteiger partial charge is 0.143 e. The van der Waals surface area contributed by atoms with Gasteiger partial charge in [-0.25, -0.2) is 0 Å². The lowest BCUT2D eigenvalue weighted by Gasteiger charge is -2.10. The number of fused-ring (bicyclic) bond motifs is 9. The summed E-state index contributed by atoms with van der Waals surface area (Å²) in [6.45, 7) is 4.59. The highest BCUT2D eigenvalue weighted by Gasteiger charge is 2.13. The van der Waals surface area contributed by atoms with E-state index in [1.54, 1.807) is 11.1 Å². The summed E-state index contributed by atoms with van der Waals surface area (Å²) >= 11 is 3.89. The van der Waals surface area contributed by atoms with Crippen molar-refractivity contribution in [3.63, 3.8) is 0 Å². The summed E-state index contributed by atoms with van der Waals surface area (Å²) in [4.78, 5) is 0. The van der Waals surface area contributed by atoms with E-state index in [0.717, 1.165) is 0 Å². The topological polar surface area (TPSA) is 0 Å². The minimum Gasteiger partial charge on any atom is -0.143 e. The van der Waals surface area contributed by atoms with Gasteiger partial charge in [0.1, 0.15) is 0 Å². The third kappa shape index (κ3) is 5.55. The smallest absolute Gasteiger partial charge is 0.0424 e. The Labute approximate surface area is 248 Å². The van der Waals surface area contributed by atoms with Crippen LogP contribution in [0.4, 0.5) is 0 Å². The highest BCUT2D eigenvalue weighted by atomic mass is 32.1. The fraction of sp³-hybridized carbons (Fsp3) is 0.421. The van der Waals surface area contributed by atoms with Crippen molar-refractivity contribution < 1.29 is 0 Å². The van der Waals surface area contributed by atoms with Crippen LogP contribution in [0, 0.1) is 0 Å². The van der Waals surface area contributed by atoms with Gasteiger partial charge in [-0.05, 0) is 79.9 Å².